The molecule has 1 saturated carbocycles. The van der Waals surface area contributed by atoms with Gasteiger partial charge in [-0.15, -0.1) is 0 Å². The molecule has 4 nitrogen and oxygen atoms in total. The Morgan fingerprint density at radius 2 is 2.19 bits per heavy atom. The van der Waals surface area contributed by atoms with Crippen LogP contribution in [0, 0.1) is 0 Å². The van der Waals surface area contributed by atoms with Crippen LogP contribution in [0.1, 0.15) is 30.1 Å². The van der Waals surface area contributed by atoms with E-state index in [0.29, 0.717) is 6.04 Å². The fraction of sp³-hybridized carbons (Fsp3) is 0.353. The van der Waals surface area contributed by atoms with Crippen LogP contribution >= 0.6 is 0 Å². The third-order valence-electron chi connectivity index (χ3n) is 4.24. The minimum absolute atomic E-state index is 0.684. The van der Waals surface area contributed by atoms with Crippen LogP contribution in [0.5, 0.6) is 0 Å². The van der Waals surface area contributed by atoms with Gasteiger partial charge in [0.15, 0.2) is 0 Å². The predicted octanol–water partition coefficient (Wildman–Crippen LogP) is 2.94. The molecule has 3 aromatic rings. The minimum Gasteiger partial charge on any atom is -0.341 e. The molecule has 0 radical (unpaired) electrons. The van der Waals surface area contributed by atoms with E-state index in [2.05, 4.69) is 49.9 Å². The zero-order valence-corrected chi connectivity index (χ0v) is 12.3. The van der Waals surface area contributed by atoms with E-state index in [9.17, 15) is 0 Å². The molecule has 2 heterocycles. The monoisotopic (exact) mass is 280 g/mol. The highest BCUT2D eigenvalue weighted by Crippen LogP contribution is 2.35. The number of nitrogens with one attached hydrogen (secondary N) is 1. The van der Waals surface area contributed by atoms with Crippen LogP contribution in [0.2, 0.25) is 0 Å². The van der Waals surface area contributed by atoms with E-state index in [4.69, 9.17) is 0 Å². The number of rotatable bonds is 5. The average molecular weight is 280 g/mol. The van der Waals surface area contributed by atoms with Gasteiger partial charge in [0.25, 0.3) is 0 Å². The van der Waals surface area contributed by atoms with E-state index >= 15 is 0 Å². The first kappa shape index (κ1) is 12.7. The Morgan fingerprint density at radius 3 is 3.00 bits per heavy atom. The molecule has 1 aliphatic rings. The molecule has 4 heteroatoms. The molecule has 108 valence electrons. The van der Waals surface area contributed by atoms with E-state index in [1.54, 1.807) is 0 Å². The average Bonchev–Trinajstić information content (AvgIpc) is 3.11. The molecule has 0 bridgehead atoms. The van der Waals surface area contributed by atoms with Crippen molar-refractivity contribution in [2.24, 2.45) is 0 Å². The lowest BCUT2D eigenvalue weighted by Crippen LogP contribution is -2.06. The number of nitrogens with zero attached hydrogens (tertiary/aromatic N) is 3. The molecule has 0 unspecified atom stereocenters. The molecule has 0 amide bonds. The smallest absolute Gasteiger partial charge is 0.0951 e. The van der Waals surface area contributed by atoms with Crippen LogP contribution < -0.4 is 5.32 Å². The van der Waals surface area contributed by atoms with Crippen LogP contribution in [-0.2, 0) is 13.1 Å². The highest BCUT2D eigenvalue weighted by Gasteiger charge is 2.25. The number of hydrogen-bond acceptors (Lipinski definition) is 2. The summed E-state index contributed by atoms with van der Waals surface area (Å²) in [5, 5.41) is 4.51. The molecule has 0 aliphatic heterocycles. The Morgan fingerprint density at radius 1 is 1.29 bits per heavy atom. The highest BCUT2D eigenvalue weighted by molar-refractivity contribution is 5.80. The summed E-state index contributed by atoms with van der Waals surface area (Å²) >= 11 is 0. The number of aromatic nitrogens is 3. The first-order valence-electron chi connectivity index (χ1n) is 7.58. The summed E-state index contributed by atoms with van der Waals surface area (Å²) in [6.07, 6.45) is 8.75. The molecule has 1 N–H and O–H groups in total. The van der Waals surface area contributed by atoms with Crippen molar-refractivity contribution in [1.82, 2.24) is 19.4 Å². The second-order valence-electron chi connectivity index (χ2n) is 5.89. The maximum atomic E-state index is 4.33. The topological polar surface area (TPSA) is 34.8 Å². The van der Waals surface area contributed by atoms with E-state index in [1.165, 1.54) is 35.0 Å². The van der Waals surface area contributed by atoms with Gasteiger partial charge in [-0.3, -0.25) is 0 Å². The molecule has 1 aliphatic carbocycles. The molecule has 0 spiro atoms. The van der Waals surface area contributed by atoms with Gasteiger partial charge in [0.2, 0.25) is 0 Å². The van der Waals surface area contributed by atoms with Crippen LogP contribution in [0.3, 0.4) is 0 Å². The van der Waals surface area contributed by atoms with Crippen molar-refractivity contribution in [3.63, 3.8) is 0 Å². The van der Waals surface area contributed by atoms with Gasteiger partial charge >= 0.3 is 0 Å². The Hall–Kier alpha value is -2.07. The second kappa shape index (κ2) is 5.04. The quantitative estimate of drug-likeness (QED) is 0.780. The van der Waals surface area contributed by atoms with Crippen LogP contribution in [0.25, 0.3) is 10.9 Å². The van der Waals surface area contributed by atoms with Crippen molar-refractivity contribution < 1.29 is 0 Å². The number of imidazole rings is 1. The Bertz CT molecular complexity index is 764. The molecule has 1 fully saturated rings. The van der Waals surface area contributed by atoms with Crippen molar-refractivity contribution in [2.75, 3.05) is 7.05 Å². The maximum Gasteiger partial charge on any atom is 0.0951 e. The van der Waals surface area contributed by atoms with Gasteiger partial charge in [0.05, 0.1) is 18.6 Å². The Labute approximate surface area is 124 Å². The van der Waals surface area contributed by atoms with Crippen molar-refractivity contribution in [3.05, 3.63) is 54.2 Å². The summed E-state index contributed by atoms with van der Waals surface area (Å²) in [6, 6.07) is 9.55. The van der Waals surface area contributed by atoms with Crippen molar-refractivity contribution >= 4 is 10.9 Å². The summed E-state index contributed by atoms with van der Waals surface area (Å²) in [7, 11) is 1.98. The lowest BCUT2D eigenvalue weighted by Gasteiger charge is -2.09. The Kier molecular flexibility index (Phi) is 3.04. The summed E-state index contributed by atoms with van der Waals surface area (Å²) < 4.78 is 4.66. The van der Waals surface area contributed by atoms with Gasteiger partial charge in [-0.1, -0.05) is 12.1 Å². The first-order chi connectivity index (χ1) is 10.3. The van der Waals surface area contributed by atoms with E-state index in [0.717, 1.165) is 13.1 Å². The van der Waals surface area contributed by atoms with Gasteiger partial charge in [-0.25, -0.2) is 4.98 Å². The summed E-state index contributed by atoms with van der Waals surface area (Å²) in [4.78, 5) is 4.33. The normalized spacial score (nSPS) is 14.9. The standard InChI is InChI=1S/C17H20N4/c1-18-9-13-2-3-14-6-7-20(17(14)8-13)11-16-10-19-12-21(16)15-4-5-15/h2-3,6-8,10,12,15,18H,4-5,9,11H2,1H3. The van der Waals surface area contributed by atoms with E-state index in [-0.39, 0.29) is 0 Å². The molecular formula is C17H20N4. The van der Waals surface area contributed by atoms with Gasteiger partial charge in [0, 0.05) is 30.5 Å². The van der Waals surface area contributed by atoms with E-state index < -0.39 is 0 Å². The minimum atomic E-state index is 0.684. The number of fused-ring (bicyclic) bond motifs is 1. The third-order valence-corrected chi connectivity index (χ3v) is 4.24. The fourth-order valence-corrected chi connectivity index (χ4v) is 2.99. The van der Waals surface area contributed by atoms with Gasteiger partial charge in [-0.05, 0) is 43.0 Å². The first-order valence-corrected chi connectivity index (χ1v) is 7.58. The highest BCUT2D eigenvalue weighted by atomic mass is 15.1. The lowest BCUT2D eigenvalue weighted by atomic mass is 10.1. The Balaban J connectivity index is 1.69. The summed E-state index contributed by atoms with van der Waals surface area (Å²) in [5.74, 6) is 0. The predicted molar refractivity (Wildman–Crippen MR) is 84.3 cm³/mol. The van der Waals surface area contributed by atoms with Crippen molar-refractivity contribution in [1.29, 1.82) is 0 Å². The summed E-state index contributed by atoms with van der Waals surface area (Å²) in [5.41, 5.74) is 3.92. The number of benzene rings is 1. The molecule has 0 atom stereocenters. The largest absolute Gasteiger partial charge is 0.341 e. The number of hydrogen-bond donors (Lipinski definition) is 1. The zero-order valence-electron chi connectivity index (χ0n) is 12.3. The molecule has 21 heavy (non-hydrogen) atoms. The maximum absolute atomic E-state index is 4.33. The van der Waals surface area contributed by atoms with E-state index in [1.807, 2.05) is 19.6 Å². The molecule has 1 aromatic carbocycles. The zero-order chi connectivity index (χ0) is 14.2. The van der Waals surface area contributed by atoms with Gasteiger partial charge in [0.1, 0.15) is 0 Å². The fourth-order valence-electron chi connectivity index (χ4n) is 2.99. The third kappa shape index (κ3) is 2.36. The SMILES string of the molecule is CNCc1ccc2ccn(Cc3cncn3C3CC3)c2c1. The van der Waals surface area contributed by atoms with Crippen molar-refractivity contribution in [2.45, 2.75) is 32.0 Å². The molecule has 4 rings (SSSR count). The van der Waals surface area contributed by atoms with Crippen molar-refractivity contribution in [3.8, 4) is 0 Å². The van der Waals surface area contributed by atoms with Gasteiger partial charge in [-0.2, -0.15) is 0 Å². The van der Waals surface area contributed by atoms with Crippen LogP contribution in [0.4, 0.5) is 0 Å². The molecular weight excluding hydrogens is 260 g/mol. The second-order valence-corrected chi connectivity index (χ2v) is 5.89. The summed E-state index contributed by atoms with van der Waals surface area (Å²) in [6.45, 7) is 1.80. The lowest BCUT2D eigenvalue weighted by molar-refractivity contribution is 0.665. The van der Waals surface area contributed by atoms with Crippen LogP contribution in [0.15, 0.2) is 43.0 Å². The van der Waals surface area contributed by atoms with Crippen LogP contribution in [-0.4, -0.2) is 21.2 Å². The molecule has 2 aromatic heterocycles. The van der Waals surface area contributed by atoms with Gasteiger partial charge < -0.3 is 14.5 Å². The molecule has 0 saturated heterocycles.